The maximum absolute atomic E-state index is 12.8. The molecule has 0 radical (unpaired) electrons. The lowest BCUT2D eigenvalue weighted by Gasteiger charge is -2.20. The van der Waals surface area contributed by atoms with Gasteiger partial charge in [0.25, 0.3) is 0 Å². The highest BCUT2D eigenvalue weighted by atomic mass is 19.4. The van der Waals surface area contributed by atoms with E-state index in [-0.39, 0.29) is 25.4 Å². The Morgan fingerprint density at radius 3 is 1.14 bits per heavy atom. The number of halogens is 6. The van der Waals surface area contributed by atoms with Crippen molar-refractivity contribution in [1.82, 2.24) is 19.1 Å². The third kappa shape index (κ3) is 10.2. The average molecular weight is 793 g/mol. The predicted octanol–water partition coefficient (Wildman–Crippen LogP) is 12.0. The van der Waals surface area contributed by atoms with Crippen LogP contribution in [0.4, 0.5) is 26.3 Å². The summed E-state index contributed by atoms with van der Waals surface area (Å²) in [5, 5.41) is 0. The van der Waals surface area contributed by atoms with Gasteiger partial charge in [0.1, 0.15) is 12.2 Å². The molecule has 0 bridgehead atoms. The second-order valence-electron chi connectivity index (χ2n) is 13.6. The molecule has 0 aliphatic rings. The summed E-state index contributed by atoms with van der Waals surface area (Å²) in [5.41, 5.74) is 5.87. The first-order valence-electron chi connectivity index (χ1n) is 18.5. The monoisotopic (exact) mass is 792 g/mol. The second kappa shape index (κ2) is 17.9. The highest BCUT2D eigenvalue weighted by Crippen LogP contribution is 2.31. The predicted molar refractivity (Wildman–Crippen MR) is 210 cm³/mol. The summed E-state index contributed by atoms with van der Waals surface area (Å²) in [6.07, 6.45) is -5.65. The second-order valence-corrected chi connectivity index (χ2v) is 13.6. The molecule has 2 atom stereocenters. The van der Waals surface area contributed by atoms with Crippen LogP contribution < -0.4 is 0 Å². The first-order chi connectivity index (χ1) is 28.0. The normalized spacial score (nSPS) is 12.9. The molecule has 8 aromatic rings. The van der Waals surface area contributed by atoms with Gasteiger partial charge in [-0.3, -0.25) is 0 Å². The van der Waals surface area contributed by atoms with Crippen LogP contribution in [0.2, 0.25) is 0 Å². The lowest BCUT2D eigenvalue weighted by molar-refractivity contribution is -0.138. The highest BCUT2D eigenvalue weighted by molar-refractivity contribution is 5.75. The smallest absolute Gasteiger partial charge is 0.367 e. The van der Waals surface area contributed by atoms with Crippen LogP contribution in [0.1, 0.15) is 45.6 Å². The van der Waals surface area contributed by atoms with E-state index in [1.807, 2.05) is 118 Å². The summed E-state index contributed by atoms with van der Waals surface area (Å²) in [6, 6.07) is 45.4. The number of hydrogen-bond donors (Lipinski definition) is 0. The number of alkyl halides is 6. The molecule has 0 saturated carbocycles. The van der Waals surface area contributed by atoms with Crippen molar-refractivity contribution in [2.75, 3.05) is 0 Å². The topological polar surface area (TPSA) is 54.1 Å². The number of ether oxygens (including phenoxy) is 2. The summed E-state index contributed by atoms with van der Waals surface area (Å²) in [5.74, 6) is 0. The largest absolute Gasteiger partial charge is 0.416 e. The van der Waals surface area contributed by atoms with Crippen LogP contribution in [0.25, 0.3) is 22.1 Å². The lowest BCUT2D eigenvalue weighted by Crippen LogP contribution is -2.12. The van der Waals surface area contributed by atoms with E-state index >= 15 is 0 Å². The average Bonchev–Trinajstić information content (AvgIpc) is 3.85. The quantitative estimate of drug-likeness (QED) is 0.116. The molecule has 8 rings (SSSR count). The van der Waals surface area contributed by atoms with Crippen molar-refractivity contribution >= 4 is 22.1 Å². The summed E-state index contributed by atoms with van der Waals surface area (Å²) < 4.78 is 92.8. The molecule has 2 heterocycles. The van der Waals surface area contributed by atoms with Gasteiger partial charge in [-0.05, 0) is 70.8 Å². The van der Waals surface area contributed by atoms with E-state index in [1.165, 1.54) is 24.3 Å². The minimum atomic E-state index is -4.34. The maximum Gasteiger partial charge on any atom is 0.416 e. The van der Waals surface area contributed by atoms with Crippen LogP contribution >= 0.6 is 0 Å². The van der Waals surface area contributed by atoms with Gasteiger partial charge >= 0.3 is 12.4 Å². The minimum absolute atomic E-state index is 0.213. The van der Waals surface area contributed by atoms with Gasteiger partial charge in [0, 0.05) is 0 Å². The molecule has 0 spiro atoms. The molecular weight excluding hydrogens is 755 g/mol. The van der Waals surface area contributed by atoms with Gasteiger partial charge in [0.05, 0.1) is 72.2 Å². The van der Waals surface area contributed by atoms with Crippen molar-refractivity contribution in [3.8, 4) is 0 Å². The molecule has 0 fully saturated rings. The van der Waals surface area contributed by atoms with Crippen LogP contribution in [-0.4, -0.2) is 19.1 Å². The molecular formula is C46H38F6N4O2. The minimum Gasteiger partial charge on any atom is -0.367 e. The Hall–Kier alpha value is -6.24. The molecule has 2 aromatic heterocycles. The van der Waals surface area contributed by atoms with Gasteiger partial charge in [-0.1, -0.05) is 109 Å². The molecule has 0 N–H and O–H groups in total. The maximum atomic E-state index is 12.8. The van der Waals surface area contributed by atoms with Crippen molar-refractivity contribution in [3.05, 3.63) is 204 Å². The van der Waals surface area contributed by atoms with Crippen molar-refractivity contribution in [2.24, 2.45) is 0 Å². The van der Waals surface area contributed by atoms with E-state index in [4.69, 9.17) is 9.47 Å². The van der Waals surface area contributed by atoms with Crippen LogP contribution in [0.3, 0.4) is 0 Å². The number of imidazole rings is 2. The van der Waals surface area contributed by atoms with E-state index in [1.54, 1.807) is 12.7 Å². The van der Waals surface area contributed by atoms with Gasteiger partial charge in [-0.25, -0.2) is 9.97 Å². The molecule has 0 aliphatic heterocycles. The van der Waals surface area contributed by atoms with E-state index in [9.17, 15) is 26.3 Å². The third-order valence-corrected chi connectivity index (χ3v) is 9.59. The molecule has 6 aromatic carbocycles. The van der Waals surface area contributed by atoms with Gasteiger partial charge in [0.2, 0.25) is 0 Å². The number of hydrogen-bond acceptors (Lipinski definition) is 4. The first-order valence-corrected chi connectivity index (χ1v) is 18.5. The SMILES string of the molecule is FC(F)(F)c1ccc(CO[C@@H](Cn2cnc3ccccc32)c2ccccc2)cc1.FC(F)(F)c1ccc(CO[C@H](Cn2cnc3ccccc32)c2ccccc2)cc1. The Bertz CT molecular complexity index is 2320. The lowest BCUT2D eigenvalue weighted by atomic mass is 10.1. The van der Waals surface area contributed by atoms with Gasteiger partial charge in [0.15, 0.2) is 0 Å². The summed E-state index contributed by atoms with van der Waals surface area (Å²) in [6.45, 7) is 1.52. The zero-order valence-electron chi connectivity index (χ0n) is 31.0. The van der Waals surface area contributed by atoms with Crippen LogP contribution in [-0.2, 0) is 48.1 Å². The Labute approximate surface area is 331 Å². The van der Waals surface area contributed by atoms with Crippen molar-refractivity contribution < 1.29 is 35.8 Å². The van der Waals surface area contributed by atoms with E-state index in [2.05, 4.69) is 9.97 Å². The Morgan fingerprint density at radius 1 is 0.431 bits per heavy atom. The molecule has 12 heteroatoms. The third-order valence-electron chi connectivity index (χ3n) is 9.59. The fourth-order valence-electron chi connectivity index (χ4n) is 6.49. The summed E-state index contributed by atoms with van der Waals surface area (Å²) in [4.78, 5) is 8.83. The number of fused-ring (bicyclic) bond motifs is 2. The molecule has 0 unspecified atom stereocenters. The van der Waals surface area contributed by atoms with Gasteiger partial charge < -0.3 is 18.6 Å². The molecule has 0 amide bonds. The number of benzene rings is 6. The van der Waals surface area contributed by atoms with Gasteiger partial charge in [-0.15, -0.1) is 0 Å². The van der Waals surface area contributed by atoms with E-state index in [0.717, 1.165) is 57.5 Å². The summed E-state index contributed by atoms with van der Waals surface area (Å²) >= 11 is 0. The van der Waals surface area contributed by atoms with Gasteiger partial charge in [-0.2, -0.15) is 26.3 Å². The van der Waals surface area contributed by atoms with Crippen molar-refractivity contribution in [2.45, 2.75) is 50.9 Å². The Kier molecular flexibility index (Phi) is 12.3. The Morgan fingerprint density at radius 2 is 0.776 bits per heavy atom. The summed E-state index contributed by atoms with van der Waals surface area (Å²) in [7, 11) is 0. The van der Waals surface area contributed by atoms with Crippen LogP contribution in [0.15, 0.2) is 170 Å². The van der Waals surface area contributed by atoms with Crippen LogP contribution in [0, 0.1) is 0 Å². The number of aromatic nitrogens is 4. The molecule has 0 aliphatic carbocycles. The zero-order valence-corrected chi connectivity index (χ0v) is 31.0. The Balaban J connectivity index is 0.000000177. The standard InChI is InChI=1S/2C23H19F3N2O/c2*24-23(25,26)19-12-10-17(11-13-19)15-29-22(18-6-2-1-3-7-18)14-28-16-27-20-8-4-5-9-21(20)28/h2*1-13,16,22H,14-15H2/t2*22-/m10/s1. The van der Waals surface area contributed by atoms with E-state index < -0.39 is 23.5 Å². The molecule has 0 saturated heterocycles. The number of rotatable bonds is 12. The molecule has 296 valence electrons. The molecule has 6 nitrogen and oxygen atoms in total. The first kappa shape index (κ1) is 40.0. The number of nitrogens with zero attached hydrogens (tertiary/aromatic N) is 4. The van der Waals surface area contributed by atoms with Crippen molar-refractivity contribution in [1.29, 1.82) is 0 Å². The highest BCUT2D eigenvalue weighted by Gasteiger charge is 2.31. The molecule has 58 heavy (non-hydrogen) atoms. The van der Waals surface area contributed by atoms with Crippen LogP contribution in [0.5, 0.6) is 0 Å². The number of para-hydroxylation sites is 4. The zero-order chi connectivity index (χ0) is 40.5. The van der Waals surface area contributed by atoms with Crippen molar-refractivity contribution in [3.63, 3.8) is 0 Å². The fraction of sp³-hybridized carbons (Fsp3) is 0.174. The van der Waals surface area contributed by atoms with E-state index in [0.29, 0.717) is 24.2 Å². The fourth-order valence-corrected chi connectivity index (χ4v) is 6.49.